The highest BCUT2D eigenvalue weighted by Gasteiger charge is 2.35. The first-order valence-corrected chi connectivity index (χ1v) is 7.36. The molecule has 1 atom stereocenters. The Kier molecular flexibility index (Phi) is 4.13. The molecule has 1 unspecified atom stereocenters. The first kappa shape index (κ1) is 12.9. The van der Waals surface area contributed by atoms with E-state index in [9.17, 15) is 0 Å². The lowest BCUT2D eigenvalue weighted by Crippen LogP contribution is -2.39. The van der Waals surface area contributed by atoms with Crippen LogP contribution in [0.25, 0.3) is 0 Å². The van der Waals surface area contributed by atoms with Gasteiger partial charge in [0.2, 0.25) is 0 Å². The number of rotatable bonds is 5. The van der Waals surface area contributed by atoms with Crippen molar-refractivity contribution in [3.63, 3.8) is 0 Å². The predicted octanol–water partition coefficient (Wildman–Crippen LogP) is 1.66. The van der Waals surface area contributed by atoms with Gasteiger partial charge in [0.15, 0.2) is 5.82 Å². The Balaban J connectivity index is 2.01. The van der Waals surface area contributed by atoms with Crippen LogP contribution in [0.15, 0.2) is 4.90 Å². The smallest absolute Gasteiger partial charge is 0.153 e. The topological polar surface area (TPSA) is 69.4 Å². The van der Waals surface area contributed by atoms with Crippen LogP contribution in [0, 0.1) is 0 Å². The van der Waals surface area contributed by atoms with Crippen LogP contribution < -0.4 is 11.1 Å². The van der Waals surface area contributed by atoms with Crippen molar-refractivity contribution in [1.29, 1.82) is 0 Å². The number of nitrogen functional groups attached to an aromatic ring is 1. The molecule has 1 fully saturated rings. The zero-order valence-corrected chi connectivity index (χ0v) is 11.6. The number of nitrogens with zero attached hydrogens (tertiary/aromatic N) is 1. The average Bonchev–Trinajstić information content (AvgIpc) is 2.94. The second kappa shape index (κ2) is 5.43. The summed E-state index contributed by atoms with van der Waals surface area (Å²) in [5, 5.41) is 4.38. The molecule has 5 nitrogen and oxygen atoms in total. The third-order valence-corrected chi connectivity index (χ3v) is 4.72. The molecule has 0 saturated carbocycles. The van der Waals surface area contributed by atoms with Gasteiger partial charge in [-0.1, -0.05) is 0 Å². The zero-order valence-electron chi connectivity index (χ0n) is 9.99. The fraction of sp³-hybridized carbons (Fsp3) is 0.700. The predicted molar refractivity (Wildman–Crippen MR) is 72.0 cm³/mol. The first-order chi connectivity index (χ1) is 8.21. The lowest BCUT2D eigenvalue weighted by molar-refractivity contribution is -0.00618. The Bertz CT molecular complexity index is 378. The molecule has 0 amide bonds. The fourth-order valence-corrected chi connectivity index (χ4v) is 3.34. The van der Waals surface area contributed by atoms with Crippen molar-refractivity contribution in [2.75, 3.05) is 44.2 Å². The Morgan fingerprint density at radius 3 is 3.12 bits per heavy atom. The molecule has 96 valence electrons. The summed E-state index contributed by atoms with van der Waals surface area (Å²) in [6, 6.07) is 0. The third-order valence-electron chi connectivity index (χ3n) is 2.95. The van der Waals surface area contributed by atoms with Gasteiger partial charge in [-0.3, -0.25) is 0 Å². The van der Waals surface area contributed by atoms with E-state index in [0.717, 1.165) is 29.5 Å². The zero-order chi connectivity index (χ0) is 12.3. The summed E-state index contributed by atoms with van der Waals surface area (Å²) in [6.07, 6.45) is 2.91. The first-order valence-electron chi connectivity index (χ1n) is 5.37. The van der Waals surface area contributed by atoms with E-state index in [-0.39, 0.29) is 5.60 Å². The lowest BCUT2D eigenvalue weighted by Gasteiger charge is -2.26. The highest BCUT2D eigenvalue weighted by molar-refractivity contribution is 7.99. The van der Waals surface area contributed by atoms with Crippen molar-refractivity contribution in [1.82, 2.24) is 4.37 Å². The highest BCUT2D eigenvalue weighted by Crippen LogP contribution is 2.35. The molecular formula is C10H17N3O2S2. The van der Waals surface area contributed by atoms with E-state index in [0.29, 0.717) is 12.4 Å². The normalized spacial score (nSPS) is 24.1. The Morgan fingerprint density at radius 1 is 1.71 bits per heavy atom. The van der Waals surface area contributed by atoms with Gasteiger partial charge >= 0.3 is 0 Å². The summed E-state index contributed by atoms with van der Waals surface area (Å²) in [6.45, 7) is 2.12. The van der Waals surface area contributed by atoms with Gasteiger partial charge in [-0.15, -0.1) is 11.8 Å². The Hall–Kier alpha value is -0.500. The van der Waals surface area contributed by atoms with Gasteiger partial charge in [0.25, 0.3) is 0 Å². The lowest BCUT2D eigenvalue weighted by atomic mass is 10.0. The molecule has 2 rings (SSSR count). The number of nitrogens with two attached hydrogens (primary N) is 1. The number of ether oxygens (including phenoxy) is 2. The average molecular weight is 275 g/mol. The highest BCUT2D eigenvalue weighted by atomic mass is 32.2. The van der Waals surface area contributed by atoms with E-state index in [1.54, 1.807) is 18.9 Å². The molecule has 0 aromatic carbocycles. The van der Waals surface area contributed by atoms with Crippen LogP contribution in [0.5, 0.6) is 0 Å². The molecule has 3 N–H and O–H groups in total. The maximum Gasteiger partial charge on any atom is 0.153 e. The molecule has 0 aliphatic carbocycles. The SMILES string of the molecule is COC1(CNc2snc(N)c2SC)CCOC1. The van der Waals surface area contributed by atoms with E-state index in [1.165, 1.54) is 11.5 Å². The van der Waals surface area contributed by atoms with E-state index in [1.807, 2.05) is 6.26 Å². The van der Waals surface area contributed by atoms with Crippen molar-refractivity contribution in [3.05, 3.63) is 0 Å². The maximum atomic E-state index is 5.78. The number of aromatic nitrogens is 1. The molecule has 7 heteroatoms. The van der Waals surface area contributed by atoms with Crippen LogP contribution in [0.3, 0.4) is 0 Å². The van der Waals surface area contributed by atoms with Crippen LogP contribution in [-0.2, 0) is 9.47 Å². The largest absolute Gasteiger partial charge is 0.382 e. The van der Waals surface area contributed by atoms with Crippen molar-refractivity contribution in [2.24, 2.45) is 0 Å². The van der Waals surface area contributed by atoms with Gasteiger partial charge in [-0.2, -0.15) is 4.37 Å². The van der Waals surface area contributed by atoms with Crippen molar-refractivity contribution >= 4 is 34.1 Å². The monoisotopic (exact) mass is 275 g/mol. The molecular weight excluding hydrogens is 258 g/mol. The molecule has 0 bridgehead atoms. The Labute approximate surface area is 109 Å². The van der Waals surface area contributed by atoms with Crippen LogP contribution in [0.1, 0.15) is 6.42 Å². The van der Waals surface area contributed by atoms with Gasteiger partial charge in [-0.25, -0.2) is 0 Å². The minimum absolute atomic E-state index is 0.214. The van der Waals surface area contributed by atoms with Gasteiger partial charge in [0.1, 0.15) is 10.6 Å². The van der Waals surface area contributed by atoms with E-state index >= 15 is 0 Å². The molecule has 17 heavy (non-hydrogen) atoms. The number of methoxy groups -OCH3 is 1. The molecule has 1 aromatic heterocycles. The molecule has 2 heterocycles. The number of anilines is 2. The molecule has 0 spiro atoms. The third kappa shape index (κ3) is 2.67. The van der Waals surface area contributed by atoms with Gasteiger partial charge in [0, 0.05) is 26.7 Å². The number of hydrogen-bond donors (Lipinski definition) is 2. The molecule has 1 aromatic rings. The van der Waals surface area contributed by atoms with Crippen LogP contribution >= 0.6 is 23.3 Å². The minimum atomic E-state index is -0.214. The standard InChI is InChI=1S/C10H17N3O2S2/c1-14-10(3-4-15-6-10)5-12-9-7(16-2)8(11)13-17-9/h12H,3-6H2,1-2H3,(H2,11,13). The molecule has 1 aliphatic rings. The summed E-state index contributed by atoms with van der Waals surface area (Å²) >= 11 is 3.00. The summed E-state index contributed by atoms with van der Waals surface area (Å²) in [4.78, 5) is 1.01. The maximum absolute atomic E-state index is 5.78. The summed E-state index contributed by atoms with van der Waals surface area (Å²) < 4.78 is 15.1. The second-order valence-electron chi connectivity index (χ2n) is 3.97. The van der Waals surface area contributed by atoms with Crippen molar-refractivity contribution in [3.8, 4) is 0 Å². The van der Waals surface area contributed by atoms with Crippen LogP contribution in [0.4, 0.5) is 10.8 Å². The van der Waals surface area contributed by atoms with Gasteiger partial charge in [0.05, 0.1) is 11.5 Å². The fourth-order valence-electron chi connectivity index (χ4n) is 1.81. The van der Waals surface area contributed by atoms with Gasteiger partial charge in [-0.05, 0) is 17.8 Å². The van der Waals surface area contributed by atoms with Crippen LogP contribution in [-0.4, -0.2) is 43.1 Å². The quantitative estimate of drug-likeness (QED) is 0.797. The molecule has 1 saturated heterocycles. The molecule has 1 aliphatic heterocycles. The van der Waals surface area contributed by atoms with Crippen LogP contribution in [0.2, 0.25) is 0 Å². The van der Waals surface area contributed by atoms with E-state index in [4.69, 9.17) is 15.2 Å². The van der Waals surface area contributed by atoms with E-state index < -0.39 is 0 Å². The Morgan fingerprint density at radius 2 is 2.53 bits per heavy atom. The second-order valence-corrected chi connectivity index (χ2v) is 5.56. The van der Waals surface area contributed by atoms with Crippen molar-refractivity contribution < 1.29 is 9.47 Å². The van der Waals surface area contributed by atoms with Crippen molar-refractivity contribution in [2.45, 2.75) is 16.9 Å². The van der Waals surface area contributed by atoms with E-state index in [2.05, 4.69) is 9.69 Å². The number of nitrogens with one attached hydrogen (secondary N) is 1. The molecule has 0 radical (unpaired) electrons. The minimum Gasteiger partial charge on any atom is -0.382 e. The summed E-state index contributed by atoms with van der Waals surface area (Å²) in [5.41, 5.74) is 5.57. The number of hydrogen-bond acceptors (Lipinski definition) is 7. The summed E-state index contributed by atoms with van der Waals surface area (Å²) in [5.74, 6) is 0.596. The van der Waals surface area contributed by atoms with Gasteiger partial charge < -0.3 is 20.5 Å². The number of thioether (sulfide) groups is 1. The summed E-state index contributed by atoms with van der Waals surface area (Å²) in [7, 11) is 1.73.